The molecule has 0 bridgehead atoms. The molecule has 3 aromatic carbocycles. The third-order valence-corrected chi connectivity index (χ3v) is 5.04. The third-order valence-electron chi connectivity index (χ3n) is 3.53. The van der Waals surface area contributed by atoms with Crippen LogP contribution in [0, 0.1) is 5.82 Å². The highest BCUT2D eigenvalue weighted by molar-refractivity contribution is 7.87. The van der Waals surface area contributed by atoms with Crippen LogP contribution in [0.25, 0.3) is 0 Å². The van der Waals surface area contributed by atoms with Crippen LogP contribution in [0.5, 0.6) is 5.75 Å². The van der Waals surface area contributed by atoms with E-state index in [1.54, 1.807) is 0 Å². The fourth-order valence-electron chi connectivity index (χ4n) is 2.21. The van der Waals surface area contributed by atoms with E-state index < -0.39 is 15.9 Å². The van der Waals surface area contributed by atoms with Crippen LogP contribution in [0.15, 0.2) is 77.7 Å². The quantitative estimate of drug-likeness (QED) is 0.476. The van der Waals surface area contributed by atoms with Crippen LogP contribution in [0.3, 0.4) is 0 Å². The van der Waals surface area contributed by atoms with E-state index in [0.717, 1.165) is 0 Å². The minimum absolute atomic E-state index is 0.0339. The lowest BCUT2D eigenvalue weighted by Crippen LogP contribution is -2.09. The zero-order valence-electron chi connectivity index (χ0n) is 13.2. The first-order chi connectivity index (χ1) is 12.3. The van der Waals surface area contributed by atoms with E-state index in [4.69, 9.17) is 15.8 Å². The topological polar surface area (TPSA) is 60.4 Å². The van der Waals surface area contributed by atoms with Crippen molar-refractivity contribution in [3.05, 3.63) is 94.8 Å². The van der Waals surface area contributed by atoms with E-state index in [-0.39, 0.29) is 16.4 Å². The van der Waals surface area contributed by atoms with Crippen molar-refractivity contribution in [1.29, 1.82) is 0 Å². The number of halogens is 2. The molecule has 0 aliphatic heterocycles. The Kier molecular flexibility index (Phi) is 5.06. The molecular formula is C19H12ClFO4S. The van der Waals surface area contributed by atoms with Gasteiger partial charge in [-0.2, -0.15) is 8.42 Å². The summed E-state index contributed by atoms with van der Waals surface area (Å²) in [7, 11) is -4.01. The first kappa shape index (κ1) is 18.1. The molecule has 0 atom stereocenters. The van der Waals surface area contributed by atoms with Crippen molar-refractivity contribution in [3.63, 3.8) is 0 Å². The average molecular weight is 391 g/mol. The van der Waals surface area contributed by atoms with Crippen LogP contribution >= 0.6 is 11.6 Å². The molecule has 3 aromatic rings. The molecule has 0 radical (unpaired) electrons. The summed E-state index contributed by atoms with van der Waals surface area (Å²) in [6, 6.07) is 16.4. The van der Waals surface area contributed by atoms with Gasteiger partial charge in [0.2, 0.25) is 0 Å². The van der Waals surface area contributed by atoms with Crippen molar-refractivity contribution in [2.45, 2.75) is 4.90 Å². The lowest BCUT2D eigenvalue weighted by atomic mass is 10.0. The number of carbonyl (C=O) groups excluding carboxylic acids is 1. The lowest BCUT2D eigenvalue weighted by Gasteiger charge is -2.08. The maximum absolute atomic E-state index is 12.9. The van der Waals surface area contributed by atoms with Crippen molar-refractivity contribution >= 4 is 27.5 Å². The van der Waals surface area contributed by atoms with Crippen LogP contribution in [0.1, 0.15) is 15.9 Å². The van der Waals surface area contributed by atoms with Gasteiger partial charge in [-0.3, -0.25) is 4.79 Å². The Morgan fingerprint density at radius 1 is 0.808 bits per heavy atom. The maximum atomic E-state index is 12.9. The second-order valence-corrected chi connectivity index (χ2v) is 7.33. The summed E-state index contributed by atoms with van der Waals surface area (Å²) in [5, 5.41) is 0.410. The van der Waals surface area contributed by atoms with Crippen molar-refractivity contribution in [1.82, 2.24) is 0 Å². The van der Waals surface area contributed by atoms with E-state index >= 15 is 0 Å². The summed E-state index contributed by atoms with van der Waals surface area (Å²) in [6.45, 7) is 0. The van der Waals surface area contributed by atoms with Gasteiger partial charge in [-0.15, -0.1) is 0 Å². The molecule has 0 saturated carbocycles. The molecular weight excluding hydrogens is 379 g/mol. The standard InChI is InChI=1S/C19H12ClFO4S/c20-15-5-11-18(12-6-15)26(23,24)25-17-9-3-14(4-10-17)19(22)13-1-7-16(21)8-2-13/h1-12H. The van der Waals surface area contributed by atoms with E-state index in [1.165, 1.54) is 72.8 Å². The van der Waals surface area contributed by atoms with Gasteiger partial charge in [0.15, 0.2) is 5.78 Å². The molecule has 0 fully saturated rings. The minimum atomic E-state index is -4.01. The molecule has 0 aliphatic rings. The predicted molar refractivity (Wildman–Crippen MR) is 95.5 cm³/mol. The molecule has 3 rings (SSSR count). The van der Waals surface area contributed by atoms with E-state index in [1.807, 2.05) is 0 Å². The molecule has 0 amide bonds. The van der Waals surface area contributed by atoms with Gasteiger partial charge in [0.1, 0.15) is 16.5 Å². The number of ketones is 1. The van der Waals surface area contributed by atoms with Crippen LogP contribution < -0.4 is 4.18 Å². The van der Waals surface area contributed by atoms with Crippen molar-refractivity contribution in [2.24, 2.45) is 0 Å². The van der Waals surface area contributed by atoms with Gasteiger partial charge in [-0.25, -0.2) is 4.39 Å². The molecule has 0 aromatic heterocycles. The van der Waals surface area contributed by atoms with Crippen molar-refractivity contribution in [2.75, 3.05) is 0 Å². The van der Waals surface area contributed by atoms with E-state index in [9.17, 15) is 17.6 Å². The third kappa shape index (κ3) is 4.09. The van der Waals surface area contributed by atoms with Crippen LogP contribution in [-0.4, -0.2) is 14.2 Å². The first-order valence-electron chi connectivity index (χ1n) is 7.45. The van der Waals surface area contributed by atoms with E-state index in [0.29, 0.717) is 16.1 Å². The summed E-state index contributed by atoms with van der Waals surface area (Å²) in [5.41, 5.74) is 0.654. The molecule has 7 heteroatoms. The minimum Gasteiger partial charge on any atom is -0.379 e. The Bertz CT molecular complexity index is 1030. The van der Waals surface area contributed by atoms with Crippen molar-refractivity contribution in [3.8, 4) is 5.75 Å². The monoisotopic (exact) mass is 390 g/mol. The van der Waals surface area contributed by atoms with Gasteiger partial charge in [0.25, 0.3) is 0 Å². The largest absolute Gasteiger partial charge is 0.379 e. The molecule has 0 saturated heterocycles. The summed E-state index contributed by atoms with van der Waals surface area (Å²) in [5.74, 6) is -0.676. The van der Waals surface area contributed by atoms with Crippen LogP contribution in [0.4, 0.5) is 4.39 Å². The maximum Gasteiger partial charge on any atom is 0.339 e. The summed E-state index contributed by atoms with van der Waals surface area (Å²) in [6.07, 6.45) is 0. The number of carbonyl (C=O) groups is 1. The Hall–Kier alpha value is -2.70. The summed E-state index contributed by atoms with van der Waals surface area (Å²) < 4.78 is 42.4. The van der Waals surface area contributed by atoms with Gasteiger partial charge in [-0.05, 0) is 72.8 Å². The number of hydrogen-bond acceptors (Lipinski definition) is 4. The Morgan fingerprint density at radius 3 is 1.85 bits per heavy atom. The zero-order chi connectivity index (χ0) is 18.7. The highest BCUT2D eigenvalue weighted by atomic mass is 35.5. The number of rotatable bonds is 5. The van der Waals surface area contributed by atoms with Gasteiger partial charge >= 0.3 is 10.1 Å². The SMILES string of the molecule is O=C(c1ccc(F)cc1)c1ccc(OS(=O)(=O)c2ccc(Cl)cc2)cc1. The summed E-state index contributed by atoms with van der Waals surface area (Å²) >= 11 is 5.74. The summed E-state index contributed by atoms with van der Waals surface area (Å²) in [4.78, 5) is 12.3. The number of benzene rings is 3. The van der Waals surface area contributed by atoms with Crippen LogP contribution in [0.2, 0.25) is 5.02 Å². The molecule has 132 valence electrons. The van der Waals surface area contributed by atoms with Gasteiger partial charge in [0, 0.05) is 16.1 Å². The molecule has 0 unspecified atom stereocenters. The Morgan fingerprint density at radius 2 is 1.31 bits per heavy atom. The molecule has 0 aliphatic carbocycles. The highest BCUT2D eigenvalue weighted by Gasteiger charge is 2.17. The van der Waals surface area contributed by atoms with Gasteiger partial charge in [0.05, 0.1) is 0 Å². The average Bonchev–Trinajstić information content (AvgIpc) is 2.62. The highest BCUT2D eigenvalue weighted by Crippen LogP contribution is 2.21. The molecule has 0 heterocycles. The lowest BCUT2D eigenvalue weighted by molar-refractivity contribution is 0.103. The molecule has 0 spiro atoms. The van der Waals surface area contributed by atoms with Crippen molar-refractivity contribution < 1.29 is 21.8 Å². The second kappa shape index (κ2) is 7.27. The first-order valence-corrected chi connectivity index (χ1v) is 9.24. The molecule has 0 N–H and O–H groups in total. The fourth-order valence-corrected chi connectivity index (χ4v) is 3.26. The number of hydrogen-bond donors (Lipinski definition) is 0. The normalized spacial score (nSPS) is 11.2. The Labute approximate surface area is 154 Å². The predicted octanol–water partition coefficient (Wildman–Crippen LogP) is 4.48. The Balaban J connectivity index is 1.78. The molecule has 4 nitrogen and oxygen atoms in total. The fraction of sp³-hybridized carbons (Fsp3) is 0. The van der Waals surface area contributed by atoms with Gasteiger partial charge in [-0.1, -0.05) is 11.6 Å². The second-order valence-electron chi connectivity index (χ2n) is 5.35. The molecule has 26 heavy (non-hydrogen) atoms. The van der Waals surface area contributed by atoms with Crippen LogP contribution in [-0.2, 0) is 10.1 Å². The van der Waals surface area contributed by atoms with Gasteiger partial charge < -0.3 is 4.18 Å². The smallest absolute Gasteiger partial charge is 0.339 e. The van der Waals surface area contributed by atoms with E-state index in [2.05, 4.69) is 0 Å². The zero-order valence-corrected chi connectivity index (χ0v) is 14.8.